The highest BCUT2D eigenvalue weighted by Gasteiger charge is 2.25. The van der Waals surface area contributed by atoms with E-state index in [2.05, 4.69) is 21.5 Å². The minimum absolute atomic E-state index is 0.153. The van der Waals surface area contributed by atoms with Crippen LogP contribution in [0.3, 0.4) is 0 Å². The number of carbonyl (C=O) groups is 1. The van der Waals surface area contributed by atoms with Crippen LogP contribution in [-0.2, 0) is 0 Å². The molecule has 1 N–H and O–H groups in total. The first kappa shape index (κ1) is 16.5. The van der Waals surface area contributed by atoms with Gasteiger partial charge in [-0.15, -0.1) is 0 Å². The maximum absolute atomic E-state index is 12.6. The van der Waals surface area contributed by atoms with Crippen molar-refractivity contribution >= 4 is 11.6 Å². The molecule has 0 radical (unpaired) electrons. The Hall–Kier alpha value is -2.95. The number of rotatable bonds is 4. The van der Waals surface area contributed by atoms with Crippen LogP contribution in [-0.4, -0.2) is 16.0 Å². The summed E-state index contributed by atoms with van der Waals surface area (Å²) < 4.78 is 5.38. The van der Waals surface area contributed by atoms with E-state index in [1.54, 1.807) is 12.1 Å². The standard InChI is InChI=1S/C21H21N3O2/c1-13-9-14(2)11-18(10-13)22-20(25)17-8-4-7-16(12-17)19-23-21(26-24-19)15-5-3-6-15/h4,7-12,15H,3,5-6H2,1-2H3,(H,22,25). The average Bonchev–Trinajstić information content (AvgIpc) is 3.02. The number of aromatic nitrogens is 2. The van der Waals surface area contributed by atoms with E-state index in [-0.39, 0.29) is 5.91 Å². The molecular formula is C21H21N3O2. The average molecular weight is 347 g/mol. The van der Waals surface area contributed by atoms with Gasteiger partial charge < -0.3 is 9.84 Å². The predicted octanol–water partition coefficient (Wildman–Crippen LogP) is 4.87. The van der Waals surface area contributed by atoms with Crippen molar-refractivity contribution in [2.45, 2.75) is 39.0 Å². The van der Waals surface area contributed by atoms with Crippen LogP contribution >= 0.6 is 0 Å². The smallest absolute Gasteiger partial charge is 0.255 e. The van der Waals surface area contributed by atoms with Crippen molar-refractivity contribution in [3.8, 4) is 11.4 Å². The summed E-state index contributed by atoms with van der Waals surface area (Å²) in [7, 11) is 0. The lowest BCUT2D eigenvalue weighted by Gasteiger charge is -2.20. The molecule has 0 aliphatic heterocycles. The summed E-state index contributed by atoms with van der Waals surface area (Å²) in [6.45, 7) is 4.03. The fourth-order valence-electron chi connectivity index (χ4n) is 3.22. The van der Waals surface area contributed by atoms with Crippen LogP contribution in [0.2, 0.25) is 0 Å². The van der Waals surface area contributed by atoms with E-state index in [4.69, 9.17) is 4.52 Å². The minimum atomic E-state index is -0.153. The van der Waals surface area contributed by atoms with Gasteiger partial charge in [0, 0.05) is 22.7 Å². The molecule has 1 saturated carbocycles. The van der Waals surface area contributed by atoms with Crippen molar-refractivity contribution in [2.75, 3.05) is 5.32 Å². The molecule has 4 rings (SSSR count). The van der Waals surface area contributed by atoms with E-state index in [1.807, 2.05) is 38.1 Å². The molecule has 0 saturated heterocycles. The van der Waals surface area contributed by atoms with Gasteiger partial charge in [-0.2, -0.15) is 4.98 Å². The van der Waals surface area contributed by atoms with Gasteiger partial charge in [0.2, 0.25) is 11.7 Å². The van der Waals surface area contributed by atoms with Gasteiger partial charge >= 0.3 is 0 Å². The Balaban J connectivity index is 1.54. The molecule has 26 heavy (non-hydrogen) atoms. The molecule has 1 heterocycles. The molecule has 1 aliphatic carbocycles. The van der Waals surface area contributed by atoms with Gasteiger partial charge in [0.25, 0.3) is 5.91 Å². The second kappa shape index (κ2) is 6.75. The van der Waals surface area contributed by atoms with Crippen molar-refractivity contribution in [2.24, 2.45) is 0 Å². The van der Waals surface area contributed by atoms with Gasteiger partial charge in [0.15, 0.2) is 0 Å². The molecule has 0 spiro atoms. The quantitative estimate of drug-likeness (QED) is 0.731. The molecule has 1 aliphatic rings. The summed E-state index contributed by atoms with van der Waals surface area (Å²) in [5.74, 6) is 1.48. The van der Waals surface area contributed by atoms with Crippen molar-refractivity contribution in [3.63, 3.8) is 0 Å². The topological polar surface area (TPSA) is 68.0 Å². The lowest BCUT2D eigenvalue weighted by Crippen LogP contribution is -2.12. The van der Waals surface area contributed by atoms with E-state index in [0.717, 1.165) is 35.2 Å². The van der Waals surface area contributed by atoms with E-state index in [1.165, 1.54) is 6.42 Å². The van der Waals surface area contributed by atoms with Crippen LogP contribution < -0.4 is 5.32 Å². The number of hydrogen-bond donors (Lipinski definition) is 1. The molecule has 0 bridgehead atoms. The lowest BCUT2D eigenvalue weighted by atomic mass is 9.85. The van der Waals surface area contributed by atoms with Crippen LogP contribution in [0.25, 0.3) is 11.4 Å². The number of carbonyl (C=O) groups excluding carboxylic acids is 1. The molecule has 0 unspecified atom stereocenters. The van der Waals surface area contributed by atoms with Crippen LogP contribution in [0, 0.1) is 13.8 Å². The molecule has 2 aromatic carbocycles. The van der Waals surface area contributed by atoms with Crippen molar-refractivity contribution < 1.29 is 9.32 Å². The maximum Gasteiger partial charge on any atom is 0.255 e. The summed E-state index contributed by atoms with van der Waals surface area (Å²) in [5, 5.41) is 7.04. The van der Waals surface area contributed by atoms with Gasteiger partial charge in [0.1, 0.15) is 0 Å². The first-order chi connectivity index (χ1) is 12.6. The third kappa shape index (κ3) is 3.38. The zero-order valence-electron chi connectivity index (χ0n) is 15.0. The van der Waals surface area contributed by atoms with Gasteiger partial charge in [0.05, 0.1) is 0 Å². The Kier molecular flexibility index (Phi) is 4.29. The maximum atomic E-state index is 12.6. The number of hydrogen-bond acceptors (Lipinski definition) is 4. The molecule has 5 nitrogen and oxygen atoms in total. The molecule has 0 atom stereocenters. The largest absolute Gasteiger partial charge is 0.339 e. The Morgan fingerprint density at radius 3 is 2.58 bits per heavy atom. The Morgan fingerprint density at radius 1 is 1.12 bits per heavy atom. The second-order valence-electron chi connectivity index (χ2n) is 7.00. The zero-order chi connectivity index (χ0) is 18.1. The Bertz CT molecular complexity index is 937. The van der Waals surface area contributed by atoms with Gasteiger partial charge in [-0.3, -0.25) is 4.79 Å². The van der Waals surface area contributed by atoms with E-state index in [9.17, 15) is 4.79 Å². The fraction of sp³-hybridized carbons (Fsp3) is 0.286. The second-order valence-corrected chi connectivity index (χ2v) is 7.00. The third-order valence-corrected chi connectivity index (χ3v) is 4.76. The summed E-state index contributed by atoms with van der Waals surface area (Å²) in [6, 6.07) is 13.3. The fourth-order valence-corrected chi connectivity index (χ4v) is 3.22. The van der Waals surface area contributed by atoms with Gasteiger partial charge in [-0.1, -0.05) is 29.8 Å². The molecular weight excluding hydrogens is 326 g/mol. The van der Waals surface area contributed by atoms with Crippen molar-refractivity contribution in [1.82, 2.24) is 10.1 Å². The lowest BCUT2D eigenvalue weighted by molar-refractivity contribution is 0.102. The first-order valence-electron chi connectivity index (χ1n) is 8.92. The summed E-state index contributed by atoms with van der Waals surface area (Å²) in [4.78, 5) is 17.1. The number of aryl methyl sites for hydroxylation is 2. The Morgan fingerprint density at radius 2 is 1.88 bits per heavy atom. The molecule has 1 aromatic heterocycles. The van der Waals surface area contributed by atoms with Crippen LogP contribution in [0.15, 0.2) is 47.0 Å². The number of anilines is 1. The van der Waals surface area contributed by atoms with Gasteiger partial charge in [-0.05, 0) is 62.1 Å². The normalized spacial score (nSPS) is 14.1. The molecule has 1 fully saturated rings. The van der Waals surface area contributed by atoms with Crippen LogP contribution in [0.4, 0.5) is 5.69 Å². The molecule has 1 amide bonds. The molecule has 132 valence electrons. The van der Waals surface area contributed by atoms with Gasteiger partial charge in [-0.25, -0.2) is 0 Å². The van der Waals surface area contributed by atoms with Crippen LogP contribution in [0.5, 0.6) is 0 Å². The number of amides is 1. The van der Waals surface area contributed by atoms with Crippen molar-refractivity contribution in [1.29, 1.82) is 0 Å². The Labute approximate surface area is 152 Å². The van der Waals surface area contributed by atoms with E-state index < -0.39 is 0 Å². The van der Waals surface area contributed by atoms with Crippen LogP contribution in [0.1, 0.15) is 52.6 Å². The van der Waals surface area contributed by atoms with E-state index >= 15 is 0 Å². The van der Waals surface area contributed by atoms with Crippen molar-refractivity contribution in [3.05, 3.63) is 65.0 Å². The number of nitrogens with zero attached hydrogens (tertiary/aromatic N) is 2. The molecule has 5 heteroatoms. The first-order valence-corrected chi connectivity index (χ1v) is 8.92. The molecule has 3 aromatic rings. The highest BCUT2D eigenvalue weighted by Crippen LogP contribution is 2.36. The monoisotopic (exact) mass is 347 g/mol. The number of nitrogens with one attached hydrogen (secondary N) is 1. The van der Waals surface area contributed by atoms with E-state index in [0.29, 0.717) is 23.2 Å². The number of benzene rings is 2. The zero-order valence-corrected chi connectivity index (χ0v) is 15.0. The highest BCUT2D eigenvalue weighted by molar-refractivity contribution is 6.04. The minimum Gasteiger partial charge on any atom is -0.339 e. The SMILES string of the molecule is Cc1cc(C)cc(NC(=O)c2cccc(-c3noc(C4CCC4)n3)c2)c1. The third-order valence-electron chi connectivity index (χ3n) is 4.76. The summed E-state index contributed by atoms with van der Waals surface area (Å²) >= 11 is 0. The summed E-state index contributed by atoms with van der Waals surface area (Å²) in [6.07, 6.45) is 3.44. The summed E-state index contributed by atoms with van der Waals surface area (Å²) in [5.41, 5.74) is 4.38. The highest BCUT2D eigenvalue weighted by atomic mass is 16.5. The predicted molar refractivity (Wildman–Crippen MR) is 100 cm³/mol.